The molecule has 0 spiro atoms. The minimum atomic E-state index is -0.359. The molecule has 7 heteroatoms. The van der Waals surface area contributed by atoms with Crippen LogP contribution < -0.4 is 10.5 Å². The molecule has 26 heavy (non-hydrogen) atoms. The second kappa shape index (κ2) is 8.01. The first-order chi connectivity index (χ1) is 12.6. The van der Waals surface area contributed by atoms with Gasteiger partial charge in [0.1, 0.15) is 17.4 Å². The van der Waals surface area contributed by atoms with Gasteiger partial charge in [-0.3, -0.25) is 4.79 Å². The van der Waals surface area contributed by atoms with Crippen LogP contribution in [0.2, 0.25) is 0 Å². The number of alkyl halides is 1. The van der Waals surface area contributed by atoms with Gasteiger partial charge in [0, 0.05) is 11.4 Å². The number of halogens is 2. The van der Waals surface area contributed by atoms with Crippen molar-refractivity contribution < 1.29 is 13.9 Å². The number of nitrogens with zero attached hydrogens (tertiary/aromatic N) is 2. The number of carbonyl (C=O) groups excluding carboxylic acids is 1. The molecule has 0 fully saturated rings. The first-order valence-corrected chi connectivity index (χ1v) is 8.56. The summed E-state index contributed by atoms with van der Waals surface area (Å²) in [6.45, 7) is 0.478. The number of nitrogen functional groups attached to an aromatic ring is 1. The van der Waals surface area contributed by atoms with E-state index < -0.39 is 0 Å². The number of carbonyl (C=O) groups is 1. The van der Waals surface area contributed by atoms with E-state index in [1.54, 1.807) is 24.3 Å². The summed E-state index contributed by atoms with van der Waals surface area (Å²) >= 11 is 5.63. The second-order valence-corrected chi connectivity index (χ2v) is 5.96. The lowest BCUT2D eigenvalue weighted by atomic mass is 10.1. The predicted molar refractivity (Wildman–Crippen MR) is 98.6 cm³/mol. The van der Waals surface area contributed by atoms with Gasteiger partial charge in [0.25, 0.3) is 0 Å². The van der Waals surface area contributed by atoms with Gasteiger partial charge in [-0.15, -0.1) is 11.6 Å². The molecule has 0 bridgehead atoms. The highest BCUT2D eigenvalue weighted by Crippen LogP contribution is 2.22. The first kappa shape index (κ1) is 17.9. The Kier molecular flexibility index (Phi) is 5.53. The molecule has 0 aliphatic heterocycles. The summed E-state index contributed by atoms with van der Waals surface area (Å²) in [7, 11) is 0. The molecule has 0 atom stereocenters. The summed E-state index contributed by atoms with van der Waals surface area (Å²) < 4.78 is 20.0. The number of benzene rings is 2. The van der Waals surface area contributed by atoms with Gasteiger partial charge >= 0.3 is 0 Å². The van der Waals surface area contributed by atoms with E-state index in [-0.39, 0.29) is 23.0 Å². The molecule has 2 aromatic carbocycles. The zero-order valence-electron chi connectivity index (χ0n) is 13.9. The Balaban J connectivity index is 1.84. The van der Waals surface area contributed by atoms with Crippen molar-refractivity contribution in [3.63, 3.8) is 0 Å². The van der Waals surface area contributed by atoms with Crippen molar-refractivity contribution in [2.45, 2.75) is 6.42 Å². The summed E-state index contributed by atoms with van der Waals surface area (Å²) in [6, 6.07) is 12.5. The summed E-state index contributed by atoms with van der Waals surface area (Å²) in [5.74, 6) is 0.665. The van der Waals surface area contributed by atoms with E-state index in [0.29, 0.717) is 29.5 Å². The largest absolute Gasteiger partial charge is 0.494 e. The number of rotatable bonds is 7. The van der Waals surface area contributed by atoms with Crippen LogP contribution in [0.15, 0.2) is 54.7 Å². The average Bonchev–Trinajstić information content (AvgIpc) is 3.04. The fourth-order valence-electron chi connectivity index (χ4n) is 2.45. The van der Waals surface area contributed by atoms with Crippen LogP contribution in [0.3, 0.4) is 0 Å². The molecule has 3 rings (SSSR count). The maximum atomic E-state index is 13.1. The molecule has 134 valence electrons. The third-order valence-electron chi connectivity index (χ3n) is 3.77. The highest BCUT2D eigenvalue weighted by molar-refractivity contribution is 6.17. The zero-order valence-corrected chi connectivity index (χ0v) is 14.6. The average molecular weight is 374 g/mol. The lowest BCUT2D eigenvalue weighted by molar-refractivity contribution is 0.103. The predicted octanol–water partition coefficient (Wildman–Crippen LogP) is 3.83. The van der Waals surface area contributed by atoms with E-state index in [2.05, 4.69) is 5.10 Å². The maximum Gasteiger partial charge on any atom is 0.198 e. The van der Waals surface area contributed by atoms with Crippen LogP contribution >= 0.6 is 11.6 Å². The van der Waals surface area contributed by atoms with Gasteiger partial charge in [-0.05, 0) is 42.8 Å². The van der Waals surface area contributed by atoms with Gasteiger partial charge in [-0.25, -0.2) is 9.07 Å². The quantitative estimate of drug-likeness (QED) is 0.388. The van der Waals surface area contributed by atoms with Gasteiger partial charge in [0.05, 0.1) is 24.1 Å². The third-order valence-corrected chi connectivity index (χ3v) is 4.03. The van der Waals surface area contributed by atoms with E-state index in [0.717, 1.165) is 6.42 Å². The number of hydrogen-bond acceptors (Lipinski definition) is 4. The number of ketones is 1. The summed E-state index contributed by atoms with van der Waals surface area (Å²) in [4.78, 5) is 12.8. The molecule has 0 saturated heterocycles. The van der Waals surface area contributed by atoms with Gasteiger partial charge in [0.2, 0.25) is 0 Å². The normalized spacial score (nSPS) is 10.7. The molecule has 1 aromatic heterocycles. The van der Waals surface area contributed by atoms with Crippen LogP contribution in [0.25, 0.3) is 5.69 Å². The first-order valence-electron chi connectivity index (χ1n) is 8.03. The van der Waals surface area contributed by atoms with E-state index in [1.807, 2.05) is 0 Å². The molecule has 0 unspecified atom stereocenters. The lowest BCUT2D eigenvalue weighted by Gasteiger charge is -2.07. The molecule has 0 saturated carbocycles. The Bertz CT molecular complexity index is 909. The standard InChI is InChI=1S/C19H17ClFN3O2/c20-9-2-10-26-16-4-1-3-13(11-16)18(25)17-12-23-24(19(17)22)15-7-5-14(21)6-8-15/h1,3-8,11-12H,2,9-10,22H2. The molecule has 5 nitrogen and oxygen atoms in total. The van der Waals surface area contributed by atoms with Gasteiger partial charge in [0.15, 0.2) is 5.78 Å². The molecular formula is C19H17ClFN3O2. The Morgan fingerprint density at radius 3 is 2.73 bits per heavy atom. The highest BCUT2D eigenvalue weighted by Gasteiger charge is 2.18. The summed E-state index contributed by atoms with van der Waals surface area (Å²) in [6.07, 6.45) is 2.12. The Labute approximate surface area is 155 Å². The Hall–Kier alpha value is -2.86. The molecule has 0 amide bonds. The molecular weight excluding hydrogens is 357 g/mol. The molecule has 3 aromatic rings. The van der Waals surface area contributed by atoms with E-state index in [4.69, 9.17) is 22.1 Å². The van der Waals surface area contributed by atoms with E-state index >= 15 is 0 Å². The molecule has 2 N–H and O–H groups in total. The smallest absolute Gasteiger partial charge is 0.198 e. The van der Waals surface area contributed by atoms with Crippen LogP contribution in [-0.4, -0.2) is 28.1 Å². The van der Waals surface area contributed by atoms with Crippen molar-refractivity contribution >= 4 is 23.2 Å². The minimum absolute atomic E-state index is 0.190. The second-order valence-electron chi connectivity index (χ2n) is 5.58. The van der Waals surface area contributed by atoms with Gasteiger partial charge < -0.3 is 10.5 Å². The highest BCUT2D eigenvalue weighted by atomic mass is 35.5. The maximum absolute atomic E-state index is 13.1. The SMILES string of the molecule is Nc1c(C(=O)c2cccc(OCCCCl)c2)cnn1-c1ccc(F)cc1. The number of hydrogen-bond donors (Lipinski definition) is 1. The van der Waals surface area contributed by atoms with Crippen LogP contribution in [-0.2, 0) is 0 Å². The Morgan fingerprint density at radius 2 is 2.00 bits per heavy atom. The van der Waals surface area contributed by atoms with Crippen LogP contribution in [0.1, 0.15) is 22.3 Å². The number of nitrogens with two attached hydrogens (primary N) is 1. The van der Waals surface area contributed by atoms with Gasteiger partial charge in [-0.2, -0.15) is 5.10 Å². The van der Waals surface area contributed by atoms with Crippen LogP contribution in [0.5, 0.6) is 5.75 Å². The molecule has 0 aliphatic carbocycles. The molecule has 0 radical (unpaired) electrons. The summed E-state index contributed by atoms with van der Waals surface area (Å²) in [5, 5.41) is 4.15. The van der Waals surface area contributed by atoms with E-state index in [9.17, 15) is 9.18 Å². The number of ether oxygens (including phenoxy) is 1. The van der Waals surface area contributed by atoms with Gasteiger partial charge in [-0.1, -0.05) is 12.1 Å². The van der Waals surface area contributed by atoms with Crippen LogP contribution in [0, 0.1) is 5.82 Å². The van der Waals surface area contributed by atoms with E-state index in [1.165, 1.54) is 35.1 Å². The third kappa shape index (κ3) is 3.86. The zero-order chi connectivity index (χ0) is 18.5. The fraction of sp³-hybridized carbons (Fsp3) is 0.158. The monoisotopic (exact) mass is 373 g/mol. The summed E-state index contributed by atoms with van der Waals surface area (Å²) in [5.41, 5.74) is 7.37. The number of anilines is 1. The lowest BCUT2D eigenvalue weighted by Crippen LogP contribution is -2.07. The van der Waals surface area contributed by atoms with Crippen molar-refractivity contribution in [2.24, 2.45) is 0 Å². The Morgan fingerprint density at radius 1 is 1.23 bits per heavy atom. The molecule has 1 heterocycles. The van der Waals surface area contributed by atoms with Crippen molar-refractivity contribution in [1.29, 1.82) is 0 Å². The van der Waals surface area contributed by atoms with Crippen molar-refractivity contribution in [3.8, 4) is 11.4 Å². The van der Waals surface area contributed by atoms with Crippen molar-refractivity contribution in [3.05, 3.63) is 71.7 Å². The minimum Gasteiger partial charge on any atom is -0.494 e. The van der Waals surface area contributed by atoms with Crippen molar-refractivity contribution in [1.82, 2.24) is 9.78 Å². The number of aromatic nitrogens is 2. The van der Waals surface area contributed by atoms with Crippen LogP contribution in [0.4, 0.5) is 10.2 Å². The van der Waals surface area contributed by atoms with Crippen molar-refractivity contribution in [2.75, 3.05) is 18.2 Å². The fourth-order valence-corrected chi connectivity index (χ4v) is 2.56. The molecule has 0 aliphatic rings. The topological polar surface area (TPSA) is 70.1 Å².